The molecule has 1 aromatic rings. The SMILES string of the molecule is CCCC(NC)c1ccc2c(c1)CC(=O)N2. The summed E-state index contributed by atoms with van der Waals surface area (Å²) < 4.78 is 0. The molecule has 1 aliphatic heterocycles. The zero-order valence-electron chi connectivity index (χ0n) is 9.84. The second-order valence-electron chi connectivity index (χ2n) is 4.27. The van der Waals surface area contributed by atoms with Gasteiger partial charge in [0.15, 0.2) is 0 Å². The van der Waals surface area contributed by atoms with E-state index in [-0.39, 0.29) is 5.91 Å². The fourth-order valence-corrected chi connectivity index (χ4v) is 2.23. The van der Waals surface area contributed by atoms with E-state index in [1.807, 2.05) is 13.1 Å². The molecule has 0 saturated carbocycles. The van der Waals surface area contributed by atoms with Gasteiger partial charge in [0.2, 0.25) is 5.91 Å². The summed E-state index contributed by atoms with van der Waals surface area (Å²) in [5, 5.41) is 6.17. The topological polar surface area (TPSA) is 41.1 Å². The molecule has 0 radical (unpaired) electrons. The van der Waals surface area contributed by atoms with Crippen LogP contribution in [0.4, 0.5) is 5.69 Å². The number of benzene rings is 1. The molecule has 0 aromatic heterocycles. The molecule has 0 fully saturated rings. The van der Waals surface area contributed by atoms with Crippen molar-refractivity contribution in [2.75, 3.05) is 12.4 Å². The highest BCUT2D eigenvalue weighted by molar-refractivity contribution is 5.99. The maximum atomic E-state index is 11.2. The van der Waals surface area contributed by atoms with E-state index >= 15 is 0 Å². The fourth-order valence-electron chi connectivity index (χ4n) is 2.23. The first-order valence-corrected chi connectivity index (χ1v) is 5.84. The third kappa shape index (κ3) is 2.09. The van der Waals surface area contributed by atoms with E-state index < -0.39 is 0 Å². The molecule has 1 aromatic carbocycles. The van der Waals surface area contributed by atoms with Crippen LogP contribution in [0.25, 0.3) is 0 Å². The zero-order chi connectivity index (χ0) is 11.5. The second-order valence-corrected chi connectivity index (χ2v) is 4.27. The molecule has 1 amide bonds. The van der Waals surface area contributed by atoms with Gasteiger partial charge in [-0.25, -0.2) is 0 Å². The van der Waals surface area contributed by atoms with Crippen molar-refractivity contribution in [2.45, 2.75) is 32.2 Å². The Morgan fingerprint density at radius 1 is 1.50 bits per heavy atom. The monoisotopic (exact) mass is 218 g/mol. The van der Waals surface area contributed by atoms with E-state index in [1.165, 1.54) is 5.56 Å². The number of carbonyl (C=O) groups excluding carboxylic acids is 1. The average molecular weight is 218 g/mol. The summed E-state index contributed by atoms with van der Waals surface area (Å²) >= 11 is 0. The number of nitrogens with one attached hydrogen (secondary N) is 2. The number of amides is 1. The van der Waals surface area contributed by atoms with Gasteiger partial charge in [-0.3, -0.25) is 4.79 Å². The average Bonchev–Trinajstić information content (AvgIpc) is 2.64. The van der Waals surface area contributed by atoms with Crippen LogP contribution in [-0.4, -0.2) is 13.0 Å². The molecular weight excluding hydrogens is 200 g/mol. The molecule has 0 saturated heterocycles. The summed E-state index contributed by atoms with van der Waals surface area (Å²) in [6.45, 7) is 2.18. The predicted octanol–water partition coefficient (Wildman–Crippen LogP) is 2.24. The van der Waals surface area contributed by atoms with Crippen molar-refractivity contribution in [1.82, 2.24) is 5.32 Å². The summed E-state index contributed by atoms with van der Waals surface area (Å²) in [5.74, 6) is 0.101. The molecule has 0 aliphatic carbocycles. The van der Waals surface area contributed by atoms with Crippen molar-refractivity contribution >= 4 is 11.6 Å². The van der Waals surface area contributed by atoms with Gasteiger partial charge in [0.05, 0.1) is 6.42 Å². The smallest absolute Gasteiger partial charge is 0.228 e. The van der Waals surface area contributed by atoms with Gasteiger partial charge in [-0.05, 0) is 30.7 Å². The number of fused-ring (bicyclic) bond motifs is 1. The van der Waals surface area contributed by atoms with Crippen LogP contribution in [0, 0.1) is 0 Å². The van der Waals surface area contributed by atoms with E-state index in [0.717, 1.165) is 24.1 Å². The Balaban J connectivity index is 2.24. The van der Waals surface area contributed by atoms with Crippen LogP contribution in [0.3, 0.4) is 0 Å². The van der Waals surface area contributed by atoms with Crippen molar-refractivity contribution in [1.29, 1.82) is 0 Å². The molecule has 2 N–H and O–H groups in total. The minimum absolute atomic E-state index is 0.101. The lowest BCUT2D eigenvalue weighted by Crippen LogP contribution is -2.16. The zero-order valence-corrected chi connectivity index (χ0v) is 9.84. The van der Waals surface area contributed by atoms with Crippen LogP contribution >= 0.6 is 0 Å². The van der Waals surface area contributed by atoms with Crippen molar-refractivity contribution in [3.8, 4) is 0 Å². The first-order chi connectivity index (χ1) is 7.74. The lowest BCUT2D eigenvalue weighted by atomic mass is 9.99. The van der Waals surface area contributed by atoms with Crippen molar-refractivity contribution in [3.63, 3.8) is 0 Å². The molecule has 3 nitrogen and oxygen atoms in total. The number of hydrogen-bond donors (Lipinski definition) is 2. The first kappa shape index (κ1) is 11.1. The molecule has 1 unspecified atom stereocenters. The van der Waals surface area contributed by atoms with Crippen LogP contribution < -0.4 is 10.6 Å². The molecule has 2 rings (SSSR count). The van der Waals surface area contributed by atoms with Crippen molar-refractivity contribution in [3.05, 3.63) is 29.3 Å². The van der Waals surface area contributed by atoms with Crippen molar-refractivity contribution in [2.24, 2.45) is 0 Å². The third-order valence-electron chi connectivity index (χ3n) is 3.08. The maximum absolute atomic E-state index is 11.2. The minimum atomic E-state index is 0.101. The summed E-state index contributed by atoms with van der Waals surface area (Å²) in [6, 6.07) is 6.65. The van der Waals surface area contributed by atoms with Crippen LogP contribution in [-0.2, 0) is 11.2 Å². The number of anilines is 1. The highest BCUT2D eigenvalue weighted by Gasteiger charge is 2.19. The van der Waals surface area contributed by atoms with Gasteiger partial charge >= 0.3 is 0 Å². The molecular formula is C13H18N2O. The van der Waals surface area contributed by atoms with E-state index in [2.05, 4.69) is 29.7 Å². The number of rotatable bonds is 4. The van der Waals surface area contributed by atoms with E-state index in [1.54, 1.807) is 0 Å². The Hall–Kier alpha value is -1.35. The molecule has 3 heteroatoms. The summed E-state index contributed by atoms with van der Waals surface area (Å²) in [4.78, 5) is 11.2. The highest BCUT2D eigenvalue weighted by Crippen LogP contribution is 2.27. The Morgan fingerprint density at radius 3 is 3.00 bits per heavy atom. The van der Waals surface area contributed by atoms with Gasteiger partial charge in [0, 0.05) is 11.7 Å². The Bertz CT molecular complexity index is 401. The lowest BCUT2D eigenvalue weighted by Gasteiger charge is -2.16. The molecule has 16 heavy (non-hydrogen) atoms. The maximum Gasteiger partial charge on any atom is 0.228 e. The standard InChI is InChI=1S/C13H18N2O/c1-3-4-11(14-2)9-5-6-12-10(7-9)8-13(16)15-12/h5-7,11,14H,3-4,8H2,1-2H3,(H,15,16). The van der Waals surface area contributed by atoms with E-state index in [0.29, 0.717) is 12.5 Å². The highest BCUT2D eigenvalue weighted by atomic mass is 16.1. The largest absolute Gasteiger partial charge is 0.326 e. The lowest BCUT2D eigenvalue weighted by molar-refractivity contribution is -0.115. The third-order valence-corrected chi connectivity index (χ3v) is 3.08. The molecule has 1 heterocycles. The Morgan fingerprint density at radius 2 is 2.31 bits per heavy atom. The first-order valence-electron chi connectivity index (χ1n) is 5.84. The predicted molar refractivity (Wildman–Crippen MR) is 65.5 cm³/mol. The van der Waals surface area contributed by atoms with Crippen LogP contribution in [0.15, 0.2) is 18.2 Å². The van der Waals surface area contributed by atoms with Gasteiger partial charge < -0.3 is 10.6 Å². The number of carbonyl (C=O) groups is 1. The normalized spacial score (nSPS) is 15.8. The van der Waals surface area contributed by atoms with Crippen LogP contribution in [0.5, 0.6) is 0 Å². The van der Waals surface area contributed by atoms with Gasteiger partial charge in [0.1, 0.15) is 0 Å². The van der Waals surface area contributed by atoms with Crippen LogP contribution in [0.1, 0.15) is 36.9 Å². The Labute approximate surface area is 96.2 Å². The molecule has 0 spiro atoms. The Kier molecular flexibility index (Phi) is 3.25. The molecule has 1 aliphatic rings. The minimum Gasteiger partial charge on any atom is -0.326 e. The summed E-state index contributed by atoms with van der Waals surface area (Å²) in [6.07, 6.45) is 2.79. The number of hydrogen-bond acceptors (Lipinski definition) is 2. The van der Waals surface area contributed by atoms with Crippen molar-refractivity contribution < 1.29 is 4.79 Å². The van der Waals surface area contributed by atoms with Gasteiger partial charge in [-0.15, -0.1) is 0 Å². The quantitative estimate of drug-likeness (QED) is 0.813. The van der Waals surface area contributed by atoms with Gasteiger partial charge in [0.25, 0.3) is 0 Å². The van der Waals surface area contributed by atoms with Crippen LogP contribution in [0.2, 0.25) is 0 Å². The molecule has 0 bridgehead atoms. The fraction of sp³-hybridized carbons (Fsp3) is 0.462. The van der Waals surface area contributed by atoms with E-state index in [4.69, 9.17) is 0 Å². The molecule has 1 atom stereocenters. The van der Waals surface area contributed by atoms with E-state index in [9.17, 15) is 4.79 Å². The summed E-state index contributed by atoms with van der Waals surface area (Å²) in [5.41, 5.74) is 3.37. The van der Waals surface area contributed by atoms with Gasteiger partial charge in [-0.1, -0.05) is 25.5 Å². The summed E-state index contributed by atoms with van der Waals surface area (Å²) in [7, 11) is 1.98. The van der Waals surface area contributed by atoms with Gasteiger partial charge in [-0.2, -0.15) is 0 Å². The second kappa shape index (κ2) is 4.66. The molecule has 86 valence electrons.